The second-order valence-electron chi connectivity index (χ2n) is 5.57. The molecule has 2 amide bonds. The van der Waals surface area contributed by atoms with Crippen LogP contribution in [0.2, 0.25) is 0 Å². The van der Waals surface area contributed by atoms with Crippen LogP contribution in [0.15, 0.2) is 48.1 Å². The third-order valence-electron chi connectivity index (χ3n) is 3.53. The van der Waals surface area contributed by atoms with Gasteiger partial charge in [0.25, 0.3) is 5.91 Å². The number of rotatable bonds is 6. The van der Waals surface area contributed by atoms with Gasteiger partial charge >= 0.3 is 6.18 Å². The number of hydrogen-bond acceptors (Lipinski definition) is 3. The summed E-state index contributed by atoms with van der Waals surface area (Å²) in [4.78, 5) is 25.0. The van der Waals surface area contributed by atoms with E-state index in [1.807, 2.05) is 6.07 Å². The second kappa shape index (κ2) is 7.96. The maximum Gasteiger partial charge on any atom is 0.406 e. The van der Waals surface area contributed by atoms with Crippen LogP contribution in [0.4, 0.5) is 13.2 Å². The third-order valence-corrected chi connectivity index (χ3v) is 3.53. The third kappa shape index (κ3) is 5.44. The normalized spacial score (nSPS) is 14.9. The highest BCUT2D eigenvalue weighted by molar-refractivity contribution is 6.39. The fourth-order valence-electron chi connectivity index (χ4n) is 2.41. The van der Waals surface area contributed by atoms with Gasteiger partial charge in [0.15, 0.2) is 0 Å². The number of alkyl halides is 3. The van der Waals surface area contributed by atoms with Crippen LogP contribution in [0, 0.1) is 0 Å². The number of hydrazone groups is 1. The Kier molecular flexibility index (Phi) is 5.95. The van der Waals surface area contributed by atoms with Crippen molar-refractivity contribution in [2.75, 3.05) is 13.1 Å². The minimum absolute atomic E-state index is 0.0223. The quantitative estimate of drug-likeness (QED) is 0.739. The van der Waals surface area contributed by atoms with E-state index < -0.39 is 18.6 Å². The molecule has 2 rings (SSSR count). The van der Waals surface area contributed by atoms with Gasteiger partial charge in [0.05, 0.1) is 6.54 Å². The highest BCUT2D eigenvalue weighted by Gasteiger charge is 2.35. The lowest BCUT2D eigenvalue weighted by Gasteiger charge is -2.27. The molecule has 1 aliphatic heterocycles. The Labute approximate surface area is 143 Å². The summed E-state index contributed by atoms with van der Waals surface area (Å²) < 4.78 is 38.0. The number of hydrogen-bond donors (Lipinski definition) is 0. The van der Waals surface area contributed by atoms with Gasteiger partial charge in [-0.05, 0) is 5.56 Å². The van der Waals surface area contributed by atoms with Crippen LogP contribution in [-0.4, -0.2) is 46.7 Å². The monoisotopic (exact) mass is 353 g/mol. The predicted molar refractivity (Wildman–Crippen MR) is 86.5 cm³/mol. The van der Waals surface area contributed by atoms with E-state index in [0.717, 1.165) is 10.6 Å². The van der Waals surface area contributed by atoms with E-state index in [9.17, 15) is 22.8 Å². The van der Waals surface area contributed by atoms with E-state index in [1.165, 1.54) is 6.08 Å². The van der Waals surface area contributed by atoms with E-state index in [2.05, 4.69) is 11.7 Å². The highest BCUT2D eigenvalue weighted by Crippen LogP contribution is 2.19. The summed E-state index contributed by atoms with van der Waals surface area (Å²) in [5, 5.41) is 5.13. The molecule has 0 unspecified atom stereocenters. The van der Waals surface area contributed by atoms with Crippen molar-refractivity contribution in [3.05, 3.63) is 48.6 Å². The second-order valence-corrected chi connectivity index (χ2v) is 5.57. The van der Waals surface area contributed by atoms with E-state index in [1.54, 1.807) is 24.3 Å². The first-order valence-electron chi connectivity index (χ1n) is 7.69. The number of halogens is 3. The molecule has 1 aliphatic rings. The molecule has 8 heteroatoms. The molecule has 1 aromatic carbocycles. The zero-order chi connectivity index (χ0) is 18.4. The standard InChI is InChI=1S/C17H18F3N3O2/c1-2-10-22(12-17(18,19)20)16(25)14-8-9-15(24)23(21-14)11-13-6-4-3-5-7-13/h2-7H,1,8-12H2. The van der Waals surface area contributed by atoms with Crippen LogP contribution in [0.25, 0.3) is 0 Å². The molecule has 1 aromatic rings. The molecular weight excluding hydrogens is 335 g/mol. The summed E-state index contributed by atoms with van der Waals surface area (Å²) in [6.45, 7) is 1.91. The summed E-state index contributed by atoms with van der Waals surface area (Å²) in [6, 6.07) is 9.02. The summed E-state index contributed by atoms with van der Waals surface area (Å²) >= 11 is 0. The Balaban J connectivity index is 2.17. The van der Waals surface area contributed by atoms with Crippen LogP contribution in [0.1, 0.15) is 18.4 Å². The topological polar surface area (TPSA) is 53.0 Å². The number of carbonyl (C=O) groups excluding carboxylic acids is 2. The van der Waals surface area contributed by atoms with Gasteiger partial charge in [0.1, 0.15) is 12.3 Å². The minimum Gasteiger partial charge on any atom is -0.325 e. The van der Waals surface area contributed by atoms with Crippen LogP contribution in [-0.2, 0) is 16.1 Å². The van der Waals surface area contributed by atoms with Crippen LogP contribution < -0.4 is 0 Å². The maximum absolute atomic E-state index is 12.7. The van der Waals surface area contributed by atoms with Crippen LogP contribution >= 0.6 is 0 Å². The fourth-order valence-corrected chi connectivity index (χ4v) is 2.41. The molecule has 0 fully saturated rings. The molecule has 0 N–H and O–H groups in total. The van der Waals surface area contributed by atoms with Crippen molar-refractivity contribution in [3.63, 3.8) is 0 Å². The molecule has 0 radical (unpaired) electrons. The molecule has 0 saturated heterocycles. The SMILES string of the molecule is C=CCN(CC(F)(F)F)C(=O)C1=NN(Cc2ccccc2)C(=O)CC1. The number of nitrogens with zero attached hydrogens (tertiary/aromatic N) is 3. The van der Waals surface area contributed by atoms with E-state index in [0.29, 0.717) is 4.90 Å². The van der Waals surface area contributed by atoms with Crippen molar-refractivity contribution in [1.82, 2.24) is 9.91 Å². The van der Waals surface area contributed by atoms with Crippen molar-refractivity contribution in [3.8, 4) is 0 Å². The summed E-state index contributed by atoms with van der Waals surface area (Å²) in [7, 11) is 0. The molecule has 0 atom stereocenters. The van der Waals surface area contributed by atoms with Crippen molar-refractivity contribution in [2.45, 2.75) is 25.6 Å². The van der Waals surface area contributed by atoms with Gasteiger partial charge in [-0.15, -0.1) is 6.58 Å². The first-order chi connectivity index (χ1) is 11.8. The van der Waals surface area contributed by atoms with Gasteiger partial charge in [0, 0.05) is 19.4 Å². The van der Waals surface area contributed by atoms with Gasteiger partial charge in [0.2, 0.25) is 5.91 Å². The van der Waals surface area contributed by atoms with Crippen LogP contribution in [0.5, 0.6) is 0 Å². The summed E-state index contributed by atoms with van der Waals surface area (Å²) in [5.41, 5.74) is 0.758. The Morgan fingerprint density at radius 1 is 1.28 bits per heavy atom. The lowest BCUT2D eigenvalue weighted by molar-refractivity contribution is -0.156. The van der Waals surface area contributed by atoms with Gasteiger partial charge in [-0.2, -0.15) is 18.3 Å². The number of benzene rings is 1. The van der Waals surface area contributed by atoms with Crippen molar-refractivity contribution in [2.24, 2.45) is 5.10 Å². The lowest BCUT2D eigenvalue weighted by Crippen LogP contribution is -2.45. The zero-order valence-electron chi connectivity index (χ0n) is 13.5. The minimum atomic E-state index is -4.52. The van der Waals surface area contributed by atoms with Crippen molar-refractivity contribution in [1.29, 1.82) is 0 Å². The molecular formula is C17H18F3N3O2. The molecule has 5 nitrogen and oxygen atoms in total. The van der Waals surface area contributed by atoms with E-state index >= 15 is 0 Å². The fraction of sp³-hybridized carbons (Fsp3) is 0.353. The highest BCUT2D eigenvalue weighted by atomic mass is 19.4. The summed E-state index contributed by atoms with van der Waals surface area (Å²) in [6.07, 6.45) is -3.24. The Morgan fingerprint density at radius 2 is 1.96 bits per heavy atom. The number of amides is 2. The Bertz CT molecular complexity index is 671. The molecule has 0 aromatic heterocycles. The molecule has 0 spiro atoms. The van der Waals surface area contributed by atoms with Gasteiger partial charge in [-0.1, -0.05) is 36.4 Å². The maximum atomic E-state index is 12.7. The zero-order valence-corrected chi connectivity index (χ0v) is 13.5. The Hall–Kier alpha value is -2.64. The molecule has 0 bridgehead atoms. The largest absolute Gasteiger partial charge is 0.406 e. The molecule has 25 heavy (non-hydrogen) atoms. The predicted octanol–water partition coefficient (Wildman–Crippen LogP) is 2.74. The van der Waals surface area contributed by atoms with Crippen LogP contribution in [0.3, 0.4) is 0 Å². The first kappa shape index (κ1) is 18.7. The average molecular weight is 353 g/mol. The molecule has 134 valence electrons. The first-order valence-corrected chi connectivity index (χ1v) is 7.69. The van der Waals surface area contributed by atoms with Crippen molar-refractivity contribution >= 4 is 17.5 Å². The summed E-state index contributed by atoms with van der Waals surface area (Å²) in [5.74, 6) is -1.10. The number of carbonyl (C=O) groups is 2. The smallest absolute Gasteiger partial charge is 0.325 e. The van der Waals surface area contributed by atoms with Gasteiger partial charge < -0.3 is 4.90 Å². The van der Waals surface area contributed by atoms with Gasteiger partial charge in [-0.3, -0.25) is 9.59 Å². The molecule has 0 saturated carbocycles. The van der Waals surface area contributed by atoms with E-state index in [-0.39, 0.29) is 37.6 Å². The average Bonchev–Trinajstić information content (AvgIpc) is 2.55. The molecule has 1 heterocycles. The molecule has 0 aliphatic carbocycles. The lowest BCUT2D eigenvalue weighted by atomic mass is 10.1. The van der Waals surface area contributed by atoms with Gasteiger partial charge in [-0.25, -0.2) is 5.01 Å². The Morgan fingerprint density at radius 3 is 2.56 bits per heavy atom. The van der Waals surface area contributed by atoms with Crippen molar-refractivity contribution < 1.29 is 22.8 Å². The van der Waals surface area contributed by atoms with E-state index in [4.69, 9.17) is 0 Å².